The van der Waals surface area contributed by atoms with E-state index in [9.17, 15) is 0 Å². The van der Waals surface area contributed by atoms with Crippen LogP contribution in [0, 0.1) is 11.5 Å². The van der Waals surface area contributed by atoms with E-state index in [-0.39, 0.29) is 0 Å². The van der Waals surface area contributed by atoms with Crippen molar-refractivity contribution >= 4 is 5.69 Å². The van der Waals surface area contributed by atoms with E-state index in [0.29, 0.717) is 6.42 Å². The smallest absolute Gasteiger partial charge is 0.181 e. The topological polar surface area (TPSA) is 45.0 Å². The normalized spacial score (nSPS) is 8.86. The molecule has 0 saturated heterocycles. The quantitative estimate of drug-likeness (QED) is 0.448. The number of methoxy groups -OCH3 is 1. The molecule has 0 atom stereocenters. The lowest BCUT2D eigenvalue weighted by Gasteiger charge is -2.07. The zero-order valence-electron chi connectivity index (χ0n) is 8.08. The van der Waals surface area contributed by atoms with Gasteiger partial charge in [-0.15, -0.1) is 6.58 Å². The van der Waals surface area contributed by atoms with Gasteiger partial charge in [0.15, 0.2) is 6.19 Å². The molecule has 0 aliphatic heterocycles. The van der Waals surface area contributed by atoms with E-state index in [1.54, 1.807) is 13.2 Å². The maximum atomic E-state index is 8.52. The minimum atomic E-state index is 0.710. The molecule has 0 fully saturated rings. The van der Waals surface area contributed by atoms with Crippen LogP contribution in [0.15, 0.2) is 30.9 Å². The largest absolute Gasteiger partial charge is 0.497 e. The Balaban J connectivity index is 3.04. The minimum Gasteiger partial charge on any atom is -0.497 e. The lowest BCUT2D eigenvalue weighted by Crippen LogP contribution is -1.95. The molecule has 0 heterocycles. The number of rotatable bonds is 4. The van der Waals surface area contributed by atoms with Crippen LogP contribution in [0.5, 0.6) is 5.75 Å². The van der Waals surface area contributed by atoms with Gasteiger partial charge in [-0.1, -0.05) is 6.08 Å². The number of ether oxygens (including phenoxy) is 1. The van der Waals surface area contributed by atoms with Crippen LogP contribution >= 0.6 is 0 Å². The number of nitrogens with one attached hydrogen (secondary N) is 1. The summed E-state index contributed by atoms with van der Waals surface area (Å²) >= 11 is 0. The molecule has 0 radical (unpaired) electrons. The van der Waals surface area contributed by atoms with Crippen molar-refractivity contribution in [3.8, 4) is 11.9 Å². The van der Waals surface area contributed by atoms with Gasteiger partial charge in [0.25, 0.3) is 0 Å². The number of allylic oxidation sites excluding steroid dienone is 1. The van der Waals surface area contributed by atoms with Crippen molar-refractivity contribution < 1.29 is 4.74 Å². The molecule has 72 valence electrons. The van der Waals surface area contributed by atoms with Crippen molar-refractivity contribution in [2.45, 2.75) is 6.42 Å². The first kappa shape index (κ1) is 10.1. The summed E-state index contributed by atoms with van der Waals surface area (Å²) in [4.78, 5) is 0. The molecule has 0 aromatic heterocycles. The van der Waals surface area contributed by atoms with E-state index in [4.69, 9.17) is 10.00 Å². The van der Waals surface area contributed by atoms with Crippen molar-refractivity contribution in [1.29, 1.82) is 5.26 Å². The summed E-state index contributed by atoms with van der Waals surface area (Å²) in [6.07, 6.45) is 4.39. The average Bonchev–Trinajstić information content (AvgIpc) is 2.21. The van der Waals surface area contributed by atoms with Gasteiger partial charge in [-0.25, -0.2) is 0 Å². The molecular formula is C11H12N2O. The third kappa shape index (κ3) is 2.27. The first-order valence-corrected chi connectivity index (χ1v) is 4.24. The maximum Gasteiger partial charge on any atom is 0.181 e. The molecular weight excluding hydrogens is 176 g/mol. The molecule has 1 aromatic carbocycles. The molecule has 1 aromatic rings. The molecule has 0 spiro atoms. The van der Waals surface area contributed by atoms with Crippen molar-refractivity contribution in [2.75, 3.05) is 12.4 Å². The summed E-state index contributed by atoms with van der Waals surface area (Å²) < 4.78 is 5.09. The second-order valence-electron chi connectivity index (χ2n) is 2.75. The first-order chi connectivity index (χ1) is 6.81. The summed E-state index contributed by atoms with van der Waals surface area (Å²) in [5.74, 6) is 0.783. The Hall–Kier alpha value is -1.95. The van der Waals surface area contributed by atoms with Crippen LogP contribution in [-0.2, 0) is 6.42 Å². The van der Waals surface area contributed by atoms with Gasteiger partial charge in [-0.05, 0) is 30.2 Å². The van der Waals surface area contributed by atoms with Gasteiger partial charge < -0.3 is 4.74 Å². The van der Waals surface area contributed by atoms with Gasteiger partial charge in [0, 0.05) is 0 Å². The second kappa shape index (κ2) is 4.93. The molecule has 3 heteroatoms. The van der Waals surface area contributed by atoms with E-state index in [1.165, 1.54) is 0 Å². The van der Waals surface area contributed by atoms with Crippen molar-refractivity contribution in [1.82, 2.24) is 0 Å². The molecule has 0 aliphatic carbocycles. The van der Waals surface area contributed by atoms with Crippen molar-refractivity contribution in [3.05, 3.63) is 36.4 Å². The van der Waals surface area contributed by atoms with Crippen LogP contribution in [0.25, 0.3) is 0 Å². The summed E-state index contributed by atoms with van der Waals surface area (Å²) in [6.45, 7) is 3.66. The van der Waals surface area contributed by atoms with Crippen molar-refractivity contribution in [2.24, 2.45) is 0 Å². The summed E-state index contributed by atoms with van der Waals surface area (Å²) in [5, 5.41) is 11.1. The minimum absolute atomic E-state index is 0.710. The molecule has 0 bridgehead atoms. The zero-order chi connectivity index (χ0) is 10.4. The number of hydrogen-bond acceptors (Lipinski definition) is 3. The molecule has 0 unspecified atom stereocenters. The fourth-order valence-electron chi connectivity index (χ4n) is 1.20. The van der Waals surface area contributed by atoms with E-state index in [2.05, 4.69) is 11.9 Å². The molecule has 3 nitrogen and oxygen atoms in total. The fraction of sp³-hybridized carbons (Fsp3) is 0.182. The molecule has 1 N–H and O–H groups in total. The standard InChI is InChI=1S/C11H12N2O/c1-3-4-9-7-10(14-2)5-6-11(9)13-8-12/h3,5-7,13H,1,4H2,2H3. The van der Waals surface area contributed by atoms with Gasteiger partial charge in [0.1, 0.15) is 5.75 Å². The monoisotopic (exact) mass is 188 g/mol. The van der Waals surface area contributed by atoms with Gasteiger partial charge in [0.2, 0.25) is 0 Å². The maximum absolute atomic E-state index is 8.52. The Bertz CT molecular complexity index is 366. The van der Waals surface area contributed by atoms with Crippen LogP contribution in [0.1, 0.15) is 5.56 Å². The molecule has 0 aliphatic rings. The summed E-state index contributed by atoms with van der Waals surface area (Å²) in [6, 6.07) is 5.52. The molecule has 1 rings (SSSR count). The Kier molecular flexibility index (Phi) is 3.57. The van der Waals surface area contributed by atoms with Crippen LogP contribution < -0.4 is 10.1 Å². The highest BCUT2D eigenvalue weighted by molar-refractivity contribution is 5.57. The van der Waals surface area contributed by atoms with E-state index < -0.39 is 0 Å². The highest BCUT2D eigenvalue weighted by Gasteiger charge is 2.01. The van der Waals surface area contributed by atoms with Crippen LogP contribution in [-0.4, -0.2) is 7.11 Å². The Labute approximate surface area is 83.6 Å². The average molecular weight is 188 g/mol. The lowest BCUT2D eigenvalue weighted by molar-refractivity contribution is 0.414. The van der Waals surface area contributed by atoms with Crippen molar-refractivity contribution in [3.63, 3.8) is 0 Å². The number of nitriles is 1. The van der Waals surface area contributed by atoms with Gasteiger partial charge in [0.05, 0.1) is 12.8 Å². The molecule has 0 saturated carbocycles. The zero-order valence-corrected chi connectivity index (χ0v) is 8.08. The lowest BCUT2D eigenvalue weighted by atomic mass is 10.1. The summed E-state index contributed by atoms with van der Waals surface area (Å²) in [7, 11) is 1.62. The van der Waals surface area contributed by atoms with Gasteiger partial charge in [-0.3, -0.25) is 5.32 Å². The van der Waals surface area contributed by atoms with E-state index in [1.807, 2.05) is 24.4 Å². The Morgan fingerprint density at radius 2 is 2.43 bits per heavy atom. The number of benzene rings is 1. The number of anilines is 1. The number of hydrogen-bond donors (Lipinski definition) is 1. The second-order valence-corrected chi connectivity index (χ2v) is 2.75. The summed E-state index contributed by atoms with van der Waals surface area (Å²) in [5.41, 5.74) is 1.80. The fourth-order valence-corrected chi connectivity index (χ4v) is 1.20. The predicted octanol–water partition coefficient (Wildman–Crippen LogP) is 2.32. The highest BCUT2D eigenvalue weighted by atomic mass is 16.5. The van der Waals surface area contributed by atoms with Crippen LogP contribution in [0.4, 0.5) is 5.69 Å². The third-order valence-electron chi connectivity index (χ3n) is 1.87. The van der Waals surface area contributed by atoms with Crippen LogP contribution in [0.3, 0.4) is 0 Å². The van der Waals surface area contributed by atoms with Crippen LogP contribution in [0.2, 0.25) is 0 Å². The third-order valence-corrected chi connectivity index (χ3v) is 1.87. The Morgan fingerprint density at radius 1 is 1.64 bits per heavy atom. The number of nitrogens with zero attached hydrogens (tertiary/aromatic N) is 1. The molecule has 0 amide bonds. The predicted molar refractivity (Wildman–Crippen MR) is 56.1 cm³/mol. The SMILES string of the molecule is C=CCc1cc(OC)ccc1NC#N. The molecule has 14 heavy (non-hydrogen) atoms. The van der Waals surface area contributed by atoms with E-state index in [0.717, 1.165) is 17.0 Å². The Morgan fingerprint density at radius 3 is 3.00 bits per heavy atom. The first-order valence-electron chi connectivity index (χ1n) is 4.24. The van der Waals surface area contributed by atoms with Gasteiger partial charge in [-0.2, -0.15) is 5.26 Å². The highest BCUT2D eigenvalue weighted by Crippen LogP contribution is 2.22. The van der Waals surface area contributed by atoms with Gasteiger partial charge >= 0.3 is 0 Å². The van der Waals surface area contributed by atoms with E-state index >= 15 is 0 Å².